The van der Waals surface area contributed by atoms with Gasteiger partial charge in [-0.2, -0.15) is 0 Å². The van der Waals surface area contributed by atoms with E-state index in [0.717, 1.165) is 9.87 Å². The molecule has 9 heteroatoms. The Balaban J connectivity index is 2.03. The van der Waals surface area contributed by atoms with Gasteiger partial charge in [0.2, 0.25) is 11.8 Å². The minimum atomic E-state index is -4.10. The Hall–Kier alpha value is -3.36. The second-order valence-electron chi connectivity index (χ2n) is 8.90. The molecule has 1 atom stereocenters. The third kappa shape index (κ3) is 7.33. The molecule has 1 unspecified atom stereocenters. The van der Waals surface area contributed by atoms with Gasteiger partial charge in [-0.3, -0.25) is 13.9 Å². The van der Waals surface area contributed by atoms with Crippen LogP contribution in [0.3, 0.4) is 0 Å². The summed E-state index contributed by atoms with van der Waals surface area (Å²) in [6, 6.07) is 22.6. The summed E-state index contributed by atoms with van der Waals surface area (Å²) in [7, 11) is -4.10. The van der Waals surface area contributed by atoms with Crippen molar-refractivity contribution in [3.63, 3.8) is 0 Å². The summed E-state index contributed by atoms with van der Waals surface area (Å²) in [6.07, 6.45) is 0.365. The van der Waals surface area contributed by atoms with Crippen LogP contribution in [0.4, 0.5) is 5.69 Å². The van der Waals surface area contributed by atoms with Crippen molar-refractivity contribution in [3.05, 3.63) is 95.5 Å². The van der Waals surface area contributed by atoms with Crippen molar-refractivity contribution in [2.75, 3.05) is 10.8 Å². The van der Waals surface area contributed by atoms with Crippen molar-refractivity contribution in [3.8, 4) is 0 Å². The van der Waals surface area contributed by atoms with E-state index in [1.807, 2.05) is 51.1 Å². The van der Waals surface area contributed by atoms with Gasteiger partial charge in [0, 0.05) is 17.6 Å². The molecule has 0 saturated heterocycles. The van der Waals surface area contributed by atoms with Gasteiger partial charge in [0.15, 0.2) is 0 Å². The van der Waals surface area contributed by atoms with Gasteiger partial charge in [-0.25, -0.2) is 8.42 Å². The molecule has 196 valence electrons. The summed E-state index contributed by atoms with van der Waals surface area (Å²) in [6.45, 7) is 5.19. The monoisotopic (exact) mass is 541 g/mol. The molecular formula is C28H32ClN3O4S. The second-order valence-corrected chi connectivity index (χ2v) is 11.2. The fourth-order valence-corrected chi connectivity index (χ4v) is 5.50. The second kappa shape index (κ2) is 12.7. The van der Waals surface area contributed by atoms with Crippen LogP contribution < -0.4 is 9.62 Å². The SMILES string of the molecule is CCC(C(=O)NC(C)C)N(Cc1ccccc1)C(=O)CN(c1ccc(Cl)cc1)S(=O)(=O)c1ccccc1. The average molecular weight is 542 g/mol. The van der Waals surface area contributed by atoms with Crippen LogP contribution in [0.15, 0.2) is 89.8 Å². The van der Waals surface area contributed by atoms with E-state index in [1.54, 1.807) is 42.5 Å². The van der Waals surface area contributed by atoms with E-state index in [1.165, 1.54) is 17.0 Å². The largest absolute Gasteiger partial charge is 0.352 e. The maximum absolute atomic E-state index is 13.9. The molecule has 1 N–H and O–H groups in total. The van der Waals surface area contributed by atoms with Gasteiger partial charge in [-0.1, -0.05) is 67.1 Å². The zero-order chi connectivity index (χ0) is 27.0. The number of carbonyl (C=O) groups is 2. The molecule has 0 bridgehead atoms. The molecule has 3 aromatic rings. The van der Waals surface area contributed by atoms with Gasteiger partial charge in [-0.05, 0) is 62.2 Å². The molecule has 3 rings (SSSR count). The van der Waals surface area contributed by atoms with Crippen LogP contribution in [-0.2, 0) is 26.2 Å². The minimum Gasteiger partial charge on any atom is -0.352 e. The molecule has 0 radical (unpaired) electrons. The Morgan fingerprint density at radius 3 is 2.00 bits per heavy atom. The van der Waals surface area contributed by atoms with Crippen LogP contribution >= 0.6 is 11.6 Å². The summed E-state index contributed by atoms with van der Waals surface area (Å²) >= 11 is 6.04. The molecule has 37 heavy (non-hydrogen) atoms. The van der Waals surface area contributed by atoms with Crippen molar-refractivity contribution in [1.82, 2.24) is 10.2 Å². The number of anilines is 1. The summed E-state index contributed by atoms with van der Waals surface area (Å²) in [5.74, 6) is -0.783. The highest BCUT2D eigenvalue weighted by Gasteiger charge is 2.33. The first-order chi connectivity index (χ1) is 17.6. The highest BCUT2D eigenvalue weighted by molar-refractivity contribution is 7.92. The van der Waals surface area contributed by atoms with Crippen LogP contribution in [0.2, 0.25) is 5.02 Å². The van der Waals surface area contributed by atoms with Gasteiger partial charge < -0.3 is 10.2 Å². The Labute approximate surface area is 224 Å². The van der Waals surface area contributed by atoms with Gasteiger partial charge in [0.25, 0.3) is 10.0 Å². The molecule has 7 nitrogen and oxygen atoms in total. The van der Waals surface area contributed by atoms with E-state index in [9.17, 15) is 18.0 Å². The molecule has 0 aliphatic heterocycles. The fraction of sp³-hybridized carbons (Fsp3) is 0.286. The zero-order valence-corrected chi connectivity index (χ0v) is 22.7. The van der Waals surface area contributed by atoms with Crippen LogP contribution in [0.5, 0.6) is 0 Å². The number of rotatable bonds is 11. The number of halogens is 1. The summed E-state index contributed by atoms with van der Waals surface area (Å²) in [5.41, 5.74) is 1.12. The first kappa shape index (κ1) is 28.2. The number of sulfonamides is 1. The highest BCUT2D eigenvalue weighted by Crippen LogP contribution is 2.26. The first-order valence-corrected chi connectivity index (χ1v) is 13.9. The molecular weight excluding hydrogens is 510 g/mol. The maximum Gasteiger partial charge on any atom is 0.264 e. The van der Waals surface area contributed by atoms with E-state index >= 15 is 0 Å². The quantitative estimate of drug-likeness (QED) is 0.375. The molecule has 0 fully saturated rings. The third-order valence-corrected chi connectivity index (χ3v) is 7.78. The van der Waals surface area contributed by atoms with E-state index in [2.05, 4.69) is 5.32 Å². The highest BCUT2D eigenvalue weighted by atomic mass is 35.5. The lowest BCUT2D eigenvalue weighted by molar-refractivity contribution is -0.140. The van der Waals surface area contributed by atoms with Crippen molar-refractivity contribution in [1.29, 1.82) is 0 Å². The minimum absolute atomic E-state index is 0.0527. The maximum atomic E-state index is 13.9. The predicted octanol–water partition coefficient (Wildman–Crippen LogP) is 4.87. The lowest BCUT2D eigenvalue weighted by atomic mass is 10.1. The number of amides is 2. The lowest BCUT2D eigenvalue weighted by Crippen LogP contribution is -2.53. The molecule has 0 aliphatic rings. The molecule has 0 aliphatic carbocycles. The number of nitrogens with zero attached hydrogens (tertiary/aromatic N) is 2. The fourth-order valence-electron chi connectivity index (χ4n) is 3.94. The third-order valence-electron chi connectivity index (χ3n) is 5.74. The van der Waals surface area contributed by atoms with E-state index in [0.29, 0.717) is 17.1 Å². The molecule has 2 amide bonds. The lowest BCUT2D eigenvalue weighted by Gasteiger charge is -2.33. The van der Waals surface area contributed by atoms with Crippen LogP contribution in [-0.4, -0.2) is 43.8 Å². The smallest absolute Gasteiger partial charge is 0.264 e. The van der Waals surface area contributed by atoms with E-state index in [4.69, 9.17) is 11.6 Å². The Bertz CT molecular complexity index is 1280. The number of hydrogen-bond donors (Lipinski definition) is 1. The summed E-state index contributed by atoms with van der Waals surface area (Å²) in [5, 5.41) is 3.32. The molecule has 0 spiro atoms. The normalized spacial score (nSPS) is 12.1. The van der Waals surface area contributed by atoms with Gasteiger partial charge in [0.05, 0.1) is 10.6 Å². The number of benzene rings is 3. The summed E-state index contributed by atoms with van der Waals surface area (Å²) in [4.78, 5) is 28.5. The van der Waals surface area contributed by atoms with E-state index in [-0.39, 0.29) is 23.4 Å². The zero-order valence-electron chi connectivity index (χ0n) is 21.2. The predicted molar refractivity (Wildman–Crippen MR) is 147 cm³/mol. The number of nitrogens with one attached hydrogen (secondary N) is 1. The van der Waals surface area contributed by atoms with Crippen molar-refractivity contribution < 1.29 is 18.0 Å². The summed E-state index contributed by atoms with van der Waals surface area (Å²) < 4.78 is 28.5. The number of carbonyl (C=O) groups excluding carboxylic acids is 2. The Morgan fingerprint density at radius 1 is 0.892 bits per heavy atom. The Kier molecular flexibility index (Phi) is 9.72. The van der Waals surface area contributed by atoms with Gasteiger partial charge in [-0.15, -0.1) is 0 Å². The molecule has 0 saturated carbocycles. The van der Waals surface area contributed by atoms with Crippen molar-refractivity contribution >= 4 is 39.1 Å². The average Bonchev–Trinajstić information content (AvgIpc) is 2.88. The molecule has 0 aromatic heterocycles. The molecule has 0 heterocycles. The van der Waals surface area contributed by atoms with Gasteiger partial charge in [0.1, 0.15) is 12.6 Å². The van der Waals surface area contributed by atoms with Crippen LogP contribution in [0.1, 0.15) is 32.8 Å². The van der Waals surface area contributed by atoms with Crippen LogP contribution in [0, 0.1) is 0 Å². The van der Waals surface area contributed by atoms with E-state index < -0.39 is 28.5 Å². The molecule has 3 aromatic carbocycles. The van der Waals surface area contributed by atoms with Crippen molar-refractivity contribution in [2.45, 2.75) is 50.7 Å². The number of hydrogen-bond acceptors (Lipinski definition) is 4. The van der Waals surface area contributed by atoms with Crippen LogP contribution in [0.25, 0.3) is 0 Å². The standard InChI is InChI=1S/C28H32ClN3O4S/c1-4-26(28(34)30-21(2)3)31(19-22-11-7-5-8-12-22)27(33)20-32(24-17-15-23(29)16-18-24)37(35,36)25-13-9-6-10-14-25/h5-18,21,26H,4,19-20H2,1-3H3,(H,30,34). The topological polar surface area (TPSA) is 86.8 Å². The van der Waals surface area contributed by atoms with Gasteiger partial charge >= 0.3 is 0 Å². The Morgan fingerprint density at radius 2 is 1.46 bits per heavy atom. The first-order valence-electron chi connectivity index (χ1n) is 12.1. The van der Waals surface area contributed by atoms with Crippen molar-refractivity contribution in [2.24, 2.45) is 0 Å².